The zero-order valence-electron chi connectivity index (χ0n) is 17.2. The lowest BCUT2D eigenvalue weighted by Gasteiger charge is -2.18. The lowest BCUT2D eigenvalue weighted by molar-refractivity contribution is -0.119. The zero-order chi connectivity index (χ0) is 20.1. The van der Waals surface area contributed by atoms with Crippen LogP contribution in [-0.2, 0) is 11.3 Å². The minimum atomic E-state index is -0.227. The van der Waals surface area contributed by atoms with Crippen LogP contribution in [0.5, 0.6) is 5.75 Å². The Labute approximate surface area is 171 Å². The molecule has 6 nitrogen and oxygen atoms in total. The molecular weight excluding hydrogens is 372 g/mol. The lowest BCUT2D eigenvalue weighted by atomic mass is 10.1. The largest absolute Gasteiger partial charge is 0.482 e. The fourth-order valence-corrected chi connectivity index (χ4v) is 4.39. The summed E-state index contributed by atoms with van der Waals surface area (Å²) in [7, 11) is 0. The molecule has 1 aliphatic rings. The molecule has 1 aliphatic carbocycles. The van der Waals surface area contributed by atoms with E-state index in [1.165, 1.54) is 30.2 Å². The van der Waals surface area contributed by atoms with Crippen LogP contribution < -0.4 is 10.1 Å². The maximum Gasteiger partial charge on any atom is 0.230 e. The number of ether oxygens (including phenoxy) is 1. The second kappa shape index (κ2) is 9.45. The van der Waals surface area contributed by atoms with E-state index < -0.39 is 0 Å². The monoisotopic (exact) mass is 402 g/mol. The van der Waals surface area contributed by atoms with Crippen molar-refractivity contribution in [2.75, 3.05) is 5.75 Å². The van der Waals surface area contributed by atoms with E-state index in [-0.39, 0.29) is 12.0 Å². The van der Waals surface area contributed by atoms with E-state index in [1.54, 1.807) is 0 Å². The summed E-state index contributed by atoms with van der Waals surface area (Å²) in [5, 5.41) is 12.5. The summed E-state index contributed by atoms with van der Waals surface area (Å²) in [6, 6.07) is 6.40. The Morgan fingerprint density at radius 1 is 1.32 bits per heavy atom. The molecule has 0 bridgehead atoms. The highest BCUT2D eigenvalue weighted by Gasteiger charge is 2.21. The molecule has 1 fully saturated rings. The first-order chi connectivity index (χ1) is 13.5. The number of nitrogens with zero attached hydrogens (tertiary/aromatic N) is 3. The van der Waals surface area contributed by atoms with Gasteiger partial charge in [-0.1, -0.05) is 36.7 Å². The third-order valence-corrected chi connectivity index (χ3v) is 6.30. The van der Waals surface area contributed by atoms with Crippen LogP contribution in [0.25, 0.3) is 0 Å². The van der Waals surface area contributed by atoms with Gasteiger partial charge in [-0.2, -0.15) is 0 Å². The molecule has 28 heavy (non-hydrogen) atoms. The number of hydrogen-bond acceptors (Lipinski definition) is 5. The first-order valence-electron chi connectivity index (χ1n) is 10.1. The van der Waals surface area contributed by atoms with Gasteiger partial charge in [0.25, 0.3) is 0 Å². The van der Waals surface area contributed by atoms with Crippen LogP contribution in [0.2, 0.25) is 0 Å². The number of carbonyl (C=O) groups is 1. The molecule has 0 aliphatic heterocycles. The van der Waals surface area contributed by atoms with Gasteiger partial charge < -0.3 is 14.6 Å². The quantitative estimate of drug-likeness (QED) is 0.670. The lowest BCUT2D eigenvalue weighted by Crippen LogP contribution is -2.33. The molecule has 1 heterocycles. The second-order valence-electron chi connectivity index (χ2n) is 7.38. The Kier molecular flexibility index (Phi) is 6.99. The summed E-state index contributed by atoms with van der Waals surface area (Å²) in [4.78, 5) is 12.2. The van der Waals surface area contributed by atoms with Crippen molar-refractivity contribution in [1.29, 1.82) is 0 Å². The predicted molar refractivity (Wildman–Crippen MR) is 112 cm³/mol. The van der Waals surface area contributed by atoms with Gasteiger partial charge in [0.2, 0.25) is 5.91 Å². The first kappa shape index (κ1) is 20.7. The third kappa shape index (κ3) is 4.87. The van der Waals surface area contributed by atoms with Crippen molar-refractivity contribution in [3.63, 3.8) is 0 Å². The number of thioether (sulfide) groups is 1. The molecule has 1 aromatic heterocycles. The third-order valence-electron chi connectivity index (χ3n) is 5.34. The molecule has 2 aromatic rings. The summed E-state index contributed by atoms with van der Waals surface area (Å²) in [6.07, 6.45) is 4.39. The second-order valence-corrected chi connectivity index (χ2v) is 8.32. The van der Waals surface area contributed by atoms with Crippen molar-refractivity contribution in [3.8, 4) is 5.75 Å². The summed E-state index contributed by atoms with van der Waals surface area (Å²) < 4.78 is 8.20. The van der Waals surface area contributed by atoms with Crippen LogP contribution in [0.4, 0.5) is 0 Å². The Balaban J connectivity index is 1.63. The molecule has 1 saturated carbocycles. The summed E-state index contributed by atoms with van der Waals surface area (Å²) in [6.45, 7) is 8.91. The van der Waals surface area contributed by atoms with Gasteiger partial charge in [0.05, 0.1) is 5.75 Å². The van der Waals surface area contributed by atoms with Crippen molar-refractivity contribution in [2.45, 2.75) is 77.2 Å². The number of hydrogen-bond donors (Lipinski definition) is 1. The minimum absolute atomic E-state index is 0.0730. The van der Waals surface area contributed by atoms with Gasteiger partial charge in [-0.05, 0) is 57.7 Å². The van der Waals surface area contributed by atoms with Crippen molar-refractivity contribution in [3.05, 3.63) is 35.2 Å². The van der Waals surface area contributed by atoms with E-state index in [0.29, 0.717) is 11.8 Å². The molecule has 1 amide bonds. The van der Waals surface area contributed by atoms with Crippen molar-refractivity contribution >= 4 is 17.7 Å². The average Bonchev–Trinajstić information content (AvgIpc) is 3.33. The van der Waals surface area contributed by atoms with Crippen LogP contribution >= 0.6 is 11.8 Å². The molecule has 0 spiro atoms. The molecular formula is C21H30N4O2S. The highest BCUT2D eigenvalue weighted by Crippen LogP contribution is 2.28. The number of aryl methyl sites for hydroxylation is 1. The SMILES string of the molecule is CCn1c(SCC(=O)NC2CCCC2)nnc1C(C)Oc1cccc(C)c1C. The summed E-state index contributed by atoms with van der Waals surface area (Å²) in [5.41, 5.74) is 2.33. The van der Waals surface area contributed by atoms with Gasteiger partial charge in [-0.15, -0.1) is 10.2 Å². The Morgan fingerprint density at radius 3 is 2.79 bits per heavy atom. The van der Waals surface area contributed by atoms with Crippen LogP contribution in [0.15, 0.2) is 23.4 Å². The molecule has 0 radical (unpaired) electrons. The van der Waals surface area contributed by atoms with E-state index in [2.05, 4.69) is 42.4 Å². The van der Waals surface area contributed by atoms with E-state index in [9.17, 15) is 4.79 Å². The number of benzene rings is 1. The van der Waals surface area contributed by atoms with Gasteiger partial charge in [0.15, 0.2) is 17.1 Å². The van der Waals surface area contributed by atoms with Gasteiger partial charge >= 0.3 is 0 Å². The first-order valence-corrected chi connectivity index (χ1v) is 11.1. The standard InChI is InChI=1S/C21H30N4O2S/c1-5-25-20(16(4)27-18-12-8-9-14(2)15(18)3)23-24-21(25)28-13-19(26)22-17-10-6-7-11-17/h8-9,12,16-17H,5-7,10-11,13H2,1-4H3,(H,22,26). The van der Waals surface area contributed by atoms with Crippen LogP contribution in [0.1, 0.15) is 62.6 Å². The van der Waals surface area contributed by atoms with Crippen LogP contribution in [0, 0.1) is 13.8 Å². The van der Waals surface area contributed by atoms with Gasteiger partial charge in [0, 0.05) is 12.6 Å². The van der Waals surface area contributed by atoms with Crippen molar-refractivity contribution in [2.24, 2.45) is 0 Å². The molecule has 7 heteroatoms. The number of carbonyl (C=O) groups excluding carboxylic acids is 1. The molecule has 1 aromatic carbocycles. The Morgan fingerprint density at radius 2 is 2.07 bits per heavy atom. The number of nitrogens with one attached hydrogen (secondary N) is 1. The summed E-state index contributed by atoms with van der Waals surface area (Å²) >= 11 is 1.43. The smallest absolute Gasteiger partial charge is 0.230 e. The van der Waals surface area contributed by atoms with Crippen LogP contribution in [0.3, 0.4) is 0 Å². The topological polar surface area (TPSA) is 69.0 Å². The maximum absolute atomic E-state index is 12.2. The van der Waals surface area contributed by atoms with Gasteiger partial charge in [-0.25, -0.2) is 0 Å². The molecule has 3 rings (SSSR count). The average molecular weight is 403 g/mol. The zero-order valence-corrected chi connectivity index (χ0v) is 18.0. The number of aromatic nitrogens is 3. The fourth-order valence-electron chi connectivity index (χ4n) is 3.57. The molecule has 0 saturated heterocycles. The minimum Gasteiger partial charge on any atom is -0.482 e. The molecule has 1 N–H and O–H groups in total. The van der Waals surface area contributed by atoms with E-state index in [4.69, 9.17) is 4.74 Å². The molecule has 152 valence electrons. The maximum atomic E-state index is 12.2. The predicted octanol–water partition coefficient (Wildman–Crippen LogP) is 4.21. The van der Waals surface area contributed by atoms with Gasteiger partial charge in [0.1, 0.15) is 5.75 Å². The molecule has 1 atom stereocenters. The van der Waals surface area contributed by atoms with Crippen molar-refractivity contribution < 1.29 is 9.53 Å². The molecule has 1 unspecified atom stereocenters. The number of rotatable bonds is 8. The van der Waals surface area contributed by atoms with Gasteiger partial charge in [-0.3, -0.25) is 4.79 Å². The van der Waals surface area contributed by atoms with E-state index in [0.717, 1.165) is 41.7 Å². The Bertz CT molecular complexity index is 815. The Hall–Kier alpha value is -2.02. The number of amides is 1. The van der Waals surface area contributed by atoms with E-state index in [1.807, 2.05) is 23.6 Å². The highest BCUT2D eigenvalue weighted by atomic mass is 32.2. The van der Waals surface area contributed by atoms with Crippen LogP contribution in [-0.4, -0.2) is 32.5 Å². The normalized spacial score (nSPS) is 15.6. The highest BCUT2D eigenvalue weighted by molar-refractivity contribution is 7.99. The summed E-state index contributed by atoms with van der Waals surface area (Å²) in [5.74, 6) is 2.08. The van der Waals surface area contributed by atoms with E-state index >= 15 is 0 Å². The fraction of sp³-hybridized carbons (Fsp3) is 0.571. The van der Waals surface area contributed by atoms with Crippen molar-refractivity contribution in [1.82, 2.24) is 20.1 Å².